The number of fused-ring (bicyclic) bond motifs is 1. The van der Waals surface area contributed by atoms with Gasteiger partial charge in [0.1, 0.15) is 0 Å². The number of nitrogens with one attached hydrogen (secondary N) is 2. The first-order valence-corrected chi connectivity index (χ1v) is 13.0. The van der Waals surface area contributed by atoms with Crippen LogP contribution in [0.2, 0.25) is 0 Å². The summed E-state index contributed by atoms with van der Waals surface area (Å²) in [7, 11) is 0. The Morgan fingerprint density at radius 2 is 1.78 bits per heavy atom. The Labute approximate surface area is 215 Å². The SMILES string of the molecule is Cc1cccc(C(=O)NCc2nnc(SCC(=O)Nc3nc4ccccc4s3)n2-c2ccccc2)c1. The minimum Gasteiger partial charge on any atom is -0.345 e. The number of rotatable bonds is 8. The Balaban J connectivity index is 1.29. The molecule has 0 aliphatic carbocycles. The lowest BCUT2D eigenvalue weighted by molar-refractivity contribution is -0.113. The highest BCUT2D eigenvalue weighted by Crippen LogP contribution is 2.26. The number of aromatic nitrogens is 4. The van der Waals surface area contributed by atoms with Crippen molar-refractivity contribution in [3.05, 3.63) is 95.8 Å². The first-order valence-electron chi connectivity index (χ1n) is 11.2. The van der Waals surface area contributed by atoms with E-state index in [2.05, 4.69) is 25.8 Å². The Bertz CT molecular complexity index is 1500. The molecule has 180 valence electrons. The van der Waals surface area contributed by atoms with Gasteiger partial charge >= 0.3 is 0 Å². The normalized spacial score (nSPS) is 10.9. The molecule has 10 heteroatoms. The Morgan fingerprint density at radius 3 is 2.58 bits per heavy atom. The summed E-state index contributed by atoms with van der Waals surface area (Å²) in [6.07, 6.45) is 0. The number of thiazole rings is 1. The monoisotopic (exact) mass is 514 g/mol. The van der Waals surface area contributed by atoms with Crippen LogP contribution in [0.3, 0.4) is 0 Å². The van der Waals surface area contributed by atoms with Crippen molar-refractivity contribution in [2.75, 3.05) is 11.1 Å². The number of para-hydroxylation sites is 2. The summed E-state index contributed by atoms with van der Waals surface area (Å²) in [4.78, 5) is 29.7. The zero-order valence-electron chi connectivity index (χ0n) is 19.3. The van der Waals surface area contributed by atoms with Crippen molar-refractivity contribution < 1.29 is 9.59 Å². The van der Waals surface area contributed by atoms with Crippen LogP contribution in [0.4, 0.5) is 5.13 Å². The molecule has 0 fully saturated rings. The van der Waals surface area contributed by atoms with Gasteiger partial charge in [-0.1, -0.05) is 71.1 Å². The van der Waals surface area contributed by atoms with Gasteiger partial charge < -0.3 is 10.6 Å². The van der Waals surface area contributed by atoms with Gasteiger partial charge in [-0.05, 0) is 43.3 Å². The molecule has 0 aliphatic rings. The summed E-state index contributed by atoms with van der Waals surface area (Å²) in [5, 5.41) is 15.5. The number of hydrogen-bond donors (Lipinski definition) is 2. The summed E-state index contributed by atoms with van der Waals surface area (Å²) in [6.45, 7) is 2.13. The number of anilines is 1. The lowest BCUT2D eigenvalue weighted by Crippen LogP contribution is -2.24. The third kappa shape index (κ3) is 5.45. The Morgan fingerprint density at radius 1 is 0.972 bits per heavy atom. The highest BCUT2D eigenvalue weighted by atomic mass is 32.2. The van der Waals surface area contributed by atoms with E-state index in [1.54, 1.807) is 6.07 Å². The number of nitrogens with zero attached hydrogens (tertiary/aromatic N) is 4. The third-order valence-electron chi connectivity index (χ3n) is 5.27. The number of thioether (sulfide) groups is 1. The van der Waals surface area contributed by atoms with E-state index in [-0.39, 0.29) is 24.1 Å². The first-order chi connectivity index (χ1) is 17.6. The molecule has 0 unspecified atom stereocenters. The lowest BCUT2D eigenvalue weighted by atomic mass is 10.1. The van der Waals surface area contributed by atoms with Crippen LogP contribution >= 0.6 is 23.1 Å². The van der Waals surface area contributed by atoms with Crippen LogP contribution in [-0.4, -0.2) is 37.3 Å². The molecule has 0 saturated heterocycles. The fourth-order valence-electron chi connectivity index (χ4n) is 3.60. The average molecular weight is 515 g/mol. The molecular formula is C26H22N6O2S2. The minimum absolute atomic E-state index is 0.135. The van der Waals surface area contributed by atoms with Gasteiger partial charge in [-0.15, -0.1) is 10.2 Å². The molecule has 2 N–H and O–H groups in total. The maximum atomic E-state index is 12.6. The van der Waals surface area contributed by atoms with Gasteiger partial charge in [0.05, 0.1) is 22.5 Å². The van der Waals surface area contributed by atoms with Gasteiger partial charge in [-0.3, -0.25) is 14.2 Å². The molecule has 0 aliphatic heterocycles. The quantitative estimate of drug-likeness (QED) is 0.287. The zero-order valence-corrected chi connectivity index (χ0v) is 21.0. The summed E-state index contributed by atoms with van der Waals surface area (Å²) in [5.74, 6) is 0.328. The molecule has 36 heavy (non-hydrogen) atoms. The molecule has 2 amide bonds. The van der Waals surface area contributed by atoms with E-state index in [1.165, 1.54) is 23.1 Å². The standard InChI is InChI=1S/C26H22N6O2S2/c1-17-8-7-9-18(14-17)24(34)27-15-22-30-31-26(32(22)19-10-3-2-4-11-19)35-16-23(33)29-25-28-20-12-5-6-13-21(20)36-25/h2-14H,15-16H2,1H3,(H,27,34)(H,28,29,33). The zero-order chi connectivity index (χ0) is 24.9. The molecule has 0 saturated carbocycles. The Hall–Kier alpha value is -4.02. The van der Waals surface area contributed by atoms with Crippen molar-refractivity contribution in [1.82, 2.24) is 25.1 Å². The summed E-state index contributed by atoms with van der Waals surface area (Å²) >= 11 is 2.70. The van der Waals surface area contributed by atoms with Crippen LogP contribution in [0.5, 0.6) is 0 Å². The van der Waals surface area contributed by atoms with Crippen molar-refractivity contribution in [1.29, 1.82) is 0 Å². The molecule has 0 spiro atoms. The predicted octanol–water partition coefficient (Wildman–Crippen LogP) is 4.85. The van der Waals surface area contributed by atoms with Gasteiger partial charge in [0, 0.05) is 11.3 Å². The first kappa shape index (κ1) is 23.7. The van der Waals surface area contributed by atoms with Crippen molar-refractivity contribution in [3.63, 3.8) is 0 Å². The van der Waals surface area contributed by atoms with Crippen LogP contribution < -0.4 is 10.6 Å². The molecule has 0 radical (unpaired) electrons. The van der Waals surface area contributed by atoms with E-state index < -0.39 is 0 Å². The number of hydrogen-bond acceptors (Lipinski definition) is 7. The Kier molecular flexibility index (Phi) is 7.06. The van der Waals surface area contributed by atoms with Gasteiger partial charge in [-0.25, -0.2) is 4.98 Å². The van der Waals surface area contributed by atoms with Gasteiger partial charge in [0.25, 0.3) is 5.91 Å². The molecule has 5 rings (SSSR count). The van der Waals surface area contributed by atoms with Crippen molar-refractivity contribution >= 4 is 50.3 Å². The van der Waals surface area contributed by atoms with E-state index in [4.69, 9.17) is 0 Å². The maximum Gasteiger partial charge on any atom is 0.251 e. The third-order valence-corrected chi connectivity index (χ3v) is 7.16. The molecule has 2 heterocycles. The van der Waals surface area contributed by atoms with Crippen molar-refractivity contribution in [2.24, 2.45) is 0 Å². The largest absolute Gasteiger partial charge is 0.345 e. The molecule has 0 bridgehead atoms. The van der Waals surface area contributed by atoms with E-state index in [0.29, 0.717) is 21.7 Å². The van der Waals surface area contributed by atoms with Crippen molar-refractivity contribution in [2.45, 2.75) is 18.6 Å². The maximum absolute atomic E-state index is 12.6. The van der Waals surface area contributed by atoms with E-state index in [0.717, 1.165) is 21.5 Å². The fraction of sp³-hybridized carbons (Fsp3) is 0.115. The van der Waals surface area contributed by atoms with Crippen LogP contribution in [0.15, 0.2) is 84.0 Å². The number of carbonyl (C=O) groups excluding carboxylic acids is 2. The van der Waals surface area contributed by atoms with Crippen LogP contribution in [0.1, 0.15) is 21.7 Å². The van der Waals surface area contributed by atoms with Crippen molar-refractivity contribution in [3.8, 4) is 5.69 Å². The van der Waals surface area contributed by atoms with Gasteiger partial charge in [-0.2, -0.15) is 0 Å². The number of aryl methyl sites for hydroxylation is 1. The minimum atomic E-state index is -0.189. The second kappa shape index (κ2) is 10.7. The average Bonchev–Trinajstić information content (AvgIpc) is 3.49. The van der Waals surface area contributed by atoms with Gasteiger partial charge in [0.15, 0.2) is 16.1 Å². The molecular weight excluding hydrogens is 492 g/mol. The molecule has 3 aromatic carbocycles. The van der Waals surface area contributed by atoms with Gasteiger partial charge in [0.2, 0.25) is 5.91 Å². The second-order valence-corrected chi connectivity index (χ2v) is 9.92. The second-order valence-electron chi connectivity index (χ2n) is 7.95. The smallest absolute Gasteiger partial charge is 0.251 e. The highest BCUT2D eigenvalue weighted by molar-refractivity contribution is 7.99. The topological polar surface area (TPSA) is 102 Å². The predicted molar refractivity (Wildman–Crippen MR) is 143 cm³/mol. The summed E-state index contributed by atoms with van der Waals surface area (Å²) < 4.78 is 2.87. The van der Waals surface area contributed by atoms with E-state index >= 15 is 0 Å². The van der Waals surface area contributed by atoms with E-state index in [9.17, 15) is 9.59 Å². The van der Waals surface area contributed by atoms with E-state index in [1.807, 2.05) is 84.3 Å². The molecule has 0 atom stereocenters. The lowest BCUT2D eigenvalue weighted by Gasteiger charge is -2.11. The molecule has 5 aromatic rings. The van der Waals surface area contributed by atoms with Crippen LogP contribution in [0, 0.1) is 6.92 Å². The number of carbonyl (C=O) groups is 2. The molecule has 8 nitrogen and oxygen atoms in total. The number of benzene rings is 3. The fourth-order valence-corrected chi connectivity index (χ4v) is 5.26. The van der Waals surface area contributed by atoms with Crippen LogP contribution in [0.25, 0.3) is 15.9 Å². The van der Waals surface area contributed by atoms with Crippen LogP contribution in [-0.2, 0) is 11.3 Å². The highest BCUT2D eigenvalue weighted by Gasteiger charge is 2.17. The number of amides is 2. The summed E-state index contributed by atoms with van der Waals surface area (Å²) in [5.41, 5.74) is 3.29. The molecule has 2 aromatic heterocycles. The summed E-state index contributed by atoms with van der Waals surface area (Å²) in [6, 6.07) is 24.8.